The van der Waals surface area contributed by atoms with Crippen LogP contribution in [0.1, 0.15) is 16.7 Å². The number of halogens is 1. The molecule has 0 aliphatic rings. The Labute approximate surface area is 143 Å². The van der Waals surface area contributed by atoms with Gasteiger partial charge in [0.2, 0.25) is 0 Å². The highest BCUT2D eigenvalue weighted by Gasteiger charge is 2.07. The van der Waals surface area contributed by atoms with Crippen molar-refractivity contribution in [3.8, 4) is 0 Å². The van der Waals surface area contributed by atoms with Crippen LogP contribution in [0, 0.1) is 6.92 Å². The summed E-state index contributed by atoms with van der Waals surface area (Å²) in [5, 5.41) is 9.94. The van der Waals surface area contributed by atoms with Gasteiger partial charge in [-0.25, -0.2) is 9.97 Å². The van der Waals surface area contributed by atoms with Gasteiger partial charge in [-0.3, -0.25) is 9.36 Å². The van der Waals surface area contributed by atoms with E-state index in [1.807, 2.05) is 34.9 Å². The second kappa shape index (κ2) is 6.05. The summed E-state index contributed by atoms with van der Waals surface area (Å²) in [4.78, 5) is 8.10. The lowest BCUT2D eigenvalue weighted by Crippen LogP contribution is -2.02. The molecule has 3 aromatic heterocycles. The van der Waals surface area contributed by atoms with Crippen LogP contribution >= 0.6 is 11.6 Å². The predicted molar refractivity (Wildman–Crippen MR) is 91.9 cm³/mol. The summed E-state index contributed by atoms with van der Waals surface area (Å²) in [5.74, 6) is 0. The van der Waals surface area contributed by atoms with Gasteiger partial charge in [0.05, 0.1) is 24.7 Å². The first-order valence-electron chi connectivity index (χ1n) is 7.58. The Hall–Kier alpha value is -2.73. The number of aromatic nitrogens is 6. The summed E-state index contributed by atoms with van der Waals surface area (Å²) in [6.07, 6.45) is 7.20. The fourth-order valence-corrected chi connectivity index (χ4v) is 2.79. The quantitative estimate of drug-likeness (QED) is 0.536. The smallest absolute Gasteiger partial charge is 0.185 e. The molecule has 0 radical (unpaired) electrons. The molecule has 0 bridgehead atoms. The molecular formula is C17H15ClN6. The van der Waals surface area contributed by atoms with Crippen molar-refractivity contribution in [2.75, 3.05) is 0 Å². The molecule has 0 atom stereocenters. The average Bonchev–Trinajstić information content (AvgIpc) is 3.16. The summed E-state index contributed by atoms with van der Waals surface area (Å²) < 4.78 is 3.77. The van der Waals surface area contributed by atoms with Crippen LogP contribution < -0.4 is 0 Å². The van der Waals surface area contributed by atoms with Crippen molar-refractivity contribution in [3.05, 3.63) is 71.0 Å². The van der Waals surface area contributed by atoms with Gasteiger partial charge in [-0.1, -0.05) is 35.9 Å². The summed E-state index contributed by atoms with van der Waals surface area (Å²) >= 11 is 6.06. The molecule has 0 saturated carbocycles. The third kappa shape index (κ3) is 3.00. The van der Waals surface area contributed by atoms with Gasteiger partial charge in [0.25, 0.3) is 0 Å². The highest BCUT2D eigenvalue weighted by Crippen LogP contribution is 2.18. The van der Waals surface area contributed by atoms with E-state index in [2.05, 4.69) is 44.4 Å². The van der Waals surface area contributed by atoms with E-state index in [1.165, 1.54) is 17.5 Å². The zero-order valence-electron chi connectivity index (χ0n) is 13.1. The molecule has 3 heterocycles. The summed E-state index contributed by atoms with van der Waals surface area (Å²) in [6.45, 7) is 3.47. The highest BCUT2D eigenvalue weighted by molar-refractivity contribution is 6.33. The minimum absolute atomic E-state index is 0.427. The number of nitrogens with zero attached hydrogens (tertiary/aromatic N) is 6. The van der Waals surface area contributed by atoms with Crippen molar-refractivity contribution in [2.24, 2.45) is 0 Å². The molecule has 0 saturated heterocycles. The molecule has 120 valence electrons. The molecule has 4 rings (SSSR count). The average molecular weight is 339 g/mol. The van der Waals surface area contributed by atoms with Crippen LogP contribution in [0.2, 0.25) is 5.15 Å². The van der Waals surface area contributed by atoms with Crippen LogP contribution in [0.3, 0.4) is 0 Å². The SMILES string of the molecule is Cc1cnn(Cc2ccc(Cn3cc4c(Cl)ncnc4n3)cc2)c1. The minimum Gasteiger partial charge on any atom is -0.268 e. The first-order valence-corrected chi connectivity index (χ1v) is 7.96. The maximum absolute atomic E-state index is 6.06. The number of rotatable bonds is 4. The topological polar surface area (TPSA) is 61.4 Å². The predicted octanol–water partition coefficient (Wildman–Crippen LogP) is 3.08. The van der Waals surface area contributed by atoms with E-state index in [-0.39, 0.29) is 0 Å². The Morgan fingerprint density at radius 3 is 2.29 bits per heavy atom. The molecule has 0 aliphatic heterocycles. The second-order valence-corrected chi connectivity index (χ2v) is 6.12. The third-order valence-corrected chi connectivity index (χ3v) is 4.09. The lowest BCUT2D eigenvalue weighted by Gasteiger charge is -2.05. The van der Waals surface area contributed by atoms with Crippen molar-refractivity contribution in [3.63, 3.8) is 0 Å². The van der Waals surface area contributed by atoms with Crippen LogP contribution in [0.25, 0.3) is 11.0 Å². The van der Waals surface area contributed by atoms with Crippen molar-refractivity contribution in [2.45, 2.75) is 20.0 Å². The van der Waals surface area contributed by atoms with E-state index in [0.717, 1.165) is 17.5 Å². The largest absolute Gasteiger partial charge is 0.268 e. The molecule has 1 aromatic carbocycles. The lowest BCUT2D eigenvalue weighted by molar-refractivity contribution is 0.681. The van der Waals surface area contributed by atoms with Gasteiger partial charge in [-0.05, 0) is 23.6 Å². The van der Waals surface area contributed by atoms with Crippen molar-refractivity contribution in [1.82, 2.24) is 29.5 Å². The molecule has 0 unspecified atom stereocenters. The normalized spacial score (nSPS) is 11.2. The molecule has 0 fully saturated rings. The van der Waals surface area contributed by atoms with Gasteiger partial charge >= 0.3 is 0 Å². The minimum atomic E-state index is 0.427. The number of aryl methyl sites for hydroxylation is 1. The van der Waals surface area contributed by atoms with E-state index in [9.17, 15) is 0 Å². The third-order valence-electron chi connectivity index (χ3n) is 3.79. The summed E-state index contributed by atoms with van der Waals surface area (Å²) in [5.41, 5.74) is 4.15. The molecular weight excluding hydrogens is 324 g/mol. The fourth-order valence-electron chi connectivity index (χ4n) is 2.61. The van der Waals surface area contributed by atoms with Crippen molar-refractivity contribution < 1.29 is 0 Å². The standard InChI is InChI=1S/C17H15ClN6/c1-12-6-21-23(7-12)8-13-2-4-14(5-3-13)9-24-10-15-16(18)19-11-20-17(15)22-24/h2-7,10-11H,8-9H2,1H3. The first-order chi connectivity index (χ1) is 11.7. The number of hydrogen-bond acceptors (Lipinski definition) is 4. The highest BCUT2D eigenvalue weighted by atomic mass is 35.5. The van der Waals surface area contributed by atoms with Gasteiger partial charge in [-0.15, -0.1) is 0 Å². The number of hydrogen-bond donors (Lipinski definition) is 0. The maximum atomic E-state index is 6.06. The fraction of sp³-hybridized carbons (Fsp3) is 0.176. The van der Waals surface area contributed by atoms with E-state index in [1.54, 1.807) is 0 Å². The van der Waals surface area contributed by atoms with Crippen LogP contribution in [0.4, 0.5) is 0 Å². The number of fused-ring (bicyclic) bond motifs is 1. The molecule has 0 N–H and O–H groups in total. The molecule has 0 aliphatic carbocycles. The summed E-state index contributed by atoms with van der Waals surface area (Å²) in [7, 11) is 0. The van der Waals surface area contributed by atoms with Gasteiger partial charge in [0, 0.05) is 12.4 Å². The Morgan fingerprint density at radius 2 is 1.67 bits per heavy atom. The van der Waals surface area contributed by atoms with Crippen LogP contribution in [-0.4, -0.2) is 29.5 Å². The van der Waals surface area contributed by atoms with E-state index in [0.29, 0.717) is 17.3 Å². The summed E-state index contributed by atoms with van der Waals surface area (Å²) in [6, 6.07) is 8.43. The monoisotopic (exact) mass is 338 g/mol. The molecule has 6 nitrogen and oxygen atoms in total. The van der Waals surface area contributed by atoms with E-state index < -0.39 is 0 Å². The molecule has 4 aromatic rings. The van der Waals surface area contributed by atoms with Crippen LogP contribution in [0.5, 0.6) is 0 Å². The van der Waals surface area contributed by atoms with Gasteiger partial charge < -0.3 is 0 Å². The van der Waals surface area contributed by atoms with Gasteiger partial charge in [-0.2, -0.15) is 10.2 Å². The number of benzene rings is 1. The Morgan fingerprint density at radius 1 is 0.958 bits per heavy atom. The lowest BCUT2D eigenvalue weighted by atomic mass is 10.1. The zero-order chi connectivity index (χ0) is 16.5. The van der Waals surface area contributed by atoms with Crippen molar-refractivity contribution >= 4 is 22.6 Å². The van der Waals surface area contributed by atoms with Gasteiger partial charge in [0.1, 0.15) is 11.5 Å². The molecule has 7 heteroatoms. The van der Waals surface area contributed by atoms with Crippen molar-refractivity contribution in [1.29, 1.82) is 0 Å². The maximum Gasteiger partial charge on any atom is 0.185 e. The Balaban J connectivity index is 1.51. The molecule has 24 heavy (non-hydrogen) atoms. The van der Waals surface area contributed by atoms with E-state index in [4.69, 9.17) is 11.6 Å². The molecule has 0 spiro atoms. The van der Waals surface area contributed by atoms with Gasteiger partial charge in [0.15, 0.2) is 5.65 Å². The van der Waals surface area contributed by atoms with Crippen LogP contribution in [-0.2, 0) is 13.1 Å². The zero-order valence-corrected chi connectivity index (χ0v) is 13.9. The molecule has 0 amide bonds. The Kier molecular flexibility index (Phi) is 3.74. The Bertz CT molecular complexity index is 986. The van der Waals surface area contributed by atoms with E-state index >= 15 is 0 Å². The first kappa shape index (κ1) is 14.8. The second-order valence-electron chi connectivity index (χ2n) is 5.76. The van der Waals surface area contributed by atoms with Crippen LogP contribution in [0.15, 0.2) is 49.2 Å².